The van der Waals surface area contributed by atoms with Crippen molar-refractivity contribution in [3.63, 3.8) is 0 Å². The van der Waals surface area contributed by atoms with Crippen LogP contribution in [-0.2, 0) is 10.2 Å². The minimum absolute atomic E-state index is 0.479. The van der Waals surface area contributed by atoms with Gasteiger partial charge in [0, 0.05) is 13.1 Å². The molecule has 0 amide bonds. The van der Waals surface area contributed by atoms with Gasteiger partial charge in [-0.15, -0.1) is 0 Å². The SMILES string of the molecule is O=S(=O)(NC1CCCC1F)N1CCCC1. The van der Waals surface area contributed by atoms with Crippen molar-refractivity contribution in [2.45, 2.75) is 44.3 Å². The van der Waals surface area contributed by atoms with E-state index in [0.29, 0.717) is 25.9 Å². The summed E-state index contributed by atoms with van der Waals surface area (Å²) in [4.78, 5) is 0. The van der Waals surface area contributed by atoms with Crippen LogP contribution in [0.5, 0.6) is 0 Å². The van der Waals surface area contributed by atoms with Crippen molar-refractivity contribution in [1.29, 1.82) is 0 Å². The van der Waals surface area contributed by atoms with E-state index in [-0.39, 0.29) is 0 Å². The molecule has 1 aliphatic carbocycles. The van der Waals surface area contributed by atoms with Gasteiger partial charge in [-0.2, -0.15) is 17.4 Å². The molecule has 0 aromatic rings. The molecule has 1 saturated carbocycles. The molecule has 1 heterocycles. The van der Waals surface area contributed by atoms with Crippen molar-refractivity contribution in [3.8, 4) is 0 Å². The van der Waals surface area contributed by atoms with Gasteiger partial charge in [0.05, 0.1) is 6.04 Å². The molecule has 6 heteroatoms. The second kappa shape index (κ2) is 4.35. The molecule has 2 unspecified atom stereocenters. The molecular weight excluding hydrogens is 219 g/mol. The van der Waals surface area contributed by atoms with Crippen molar-refractivity contribution >= 4 is 10.2 Å². The lowest BCUT2D eigenvalue weighted by Gasteiger charge is -2.20. The molecular formula is C9H17FN2O2S. The largest absolute Gasteiger partial charge is 0.279 e. The topological polar surface area (TPSA) is 49.4 Å². The highest BCUT2D eigenvalue weighted by Gasteiger charge is 2.33. The number of rotatable bonds is 3. The summed E-state index contributed by atoms with van der Waals surface area (Å²) in [5.41, 5.74) is 0. The molecule has 2 fully saturated rings. The summed E-state index contributed by atoms with van der Waals surface area (Å²) < 4.78 is 40.7. The zero-order valence-electron chi connectivity index (χ0n) is 8.65. The molecule has 0 bridgehead atoms. The van der Waals surface area contributed by atoms with Crippen LogP contribution in [0.25, 0.3) is 0 Å². The molecule has 0 aromatic carbocycles. The Morgan fingerprint density at radius 1 is 1.13 bits per heavy atom. The van der Waals surface area contributed by atoms with E-state index >= 15 is 0 Å². The highest BCUT2D eigenvalue weighted by Crippen LogP contribution is 2.23. The van der Waals surface area contributed by atoms with Gasteiger partial charge in [-0.3, -0.25) is 0 Å². The quantitative estimate of drug-likeness (QED) is 0.788. The molecule has 0 radical (unpaired) electrons. The van der Waals surface area contributed by atoms with Gasteiger partial charge < -0.3 is 0 Å². The Kier molecular flexibility index (Phi) is 3.27. The van der Waals surface area contributed by atoms with Crippen LogP contribution in [0.2, 0.25) is 0 Å². The normalized spacial score (nSPS) is 33.7. The van der Waals surface area contributed by atoms with Gasteiger partial charge in [0.25, 0.3) is 10.2 Å². The summed E-state index contributed by atoms with van der Waals surface area (Å²) in [6.45, 7) is 1.14. The van der Waals surface area contributed by atoms with Gasteiger partial charge in [0.1, 0.15) is 6.17 Å². The Labute approximate surface area is 90.0 Å². The number of nitrogens with zero attached hydrogens (tertiary/aromatic N) is 1. The number of nitrogens with one attached hydrogen (secondary N) is 1. The van der Waals surface area contributed by atoms with Gasteiger partial charge in [-0.25, -0.2) is 4.39 Å². The Hall–Kier alpha value is -0.200. The van der Waals surface area contributed by atoms with E-state index in [1.54, 1.807) is 0 Å². The van der Waals surface area contributed by atoms with Crippen LogP contribution in [0.1, 0.15) is 32.1 Å². The number of alkyl halides is 1. The number of hydrogen-bond acceptors (Lipinski definition) is 2. The van der Waals surface area contributed by atoms with Gasteiger partial charge in [-0.05, 0) is 32.1 Å². The third-order valence-electron chi connectivity index (χ3n) is 3.14. The maximum absolute atomic E-state index is 13.3. The van der Waals surface area contributed by atoms with E-state index in [0.717, 1.165) is 19.3 Å². The first-order valence-electron chi connectivity index (χ1n) is 5.51. The van der Waals surface area contributed by atoms with E-state index < -0.39 is 22.4 Å². The third kappa shape index (κ3) is 2.49. The summed E-state index contributed by atoms with van der Waals surface area (Å²) >= 11 is 0. The molecule has 1 aliphatic heterocycles. The molecule has 88 valence electrons. The van der Waals surface area contributed by atoms with E-state index in [2.05, 4.69) is 4.72 Å². The fraction of sp³-hybridized carbons (Fsp3) is 1.00. The van der Waals surface area contributed by atoms with Crippen LogP contribution in [0.4, 0.5) is 4.39 Å². The van der Waals surface area contributed by atoms with Crippen molar-refractivity contribution in [3.05, 3.63) is 0 Å². The summed E-state index contributed by atoms with van der Waals surface area (Å²) in [6.07, 6.45) is 2.67. The second-order valence-corrected chi connectivity index (χ2v) is 5.98. The molecule has 4 nitrogen and oxygen atoms in total. The van der Waals surface area contributed by atoms with Crippen LogP contribution in [0.3, 0.4) is 0 Å². The molecule has 1 saturated heterocycles. The molecule has 0 aromatic heterocycles. The second-order valence-electron chi connectivity index (χ2n) is 4.28. The predicted octanol–water partition coefficient (Wildman–Crippen LogP) is 0.807. The van der Waals surface area contributed by atoms with Crippen LogP contribution in [-0.4, -0.2) is 38.0 Å². The van der Waals surface area contributed by atoms with E-state index in [1.165, 1.54) is 4.31 Å². The minimum atomic E-state index is -3.43. The predicted molar refractivity (Wildman–Crippen MR) is 55.4 cm³/mol. The first-order chi connectivity index (χ1) is 7.09. The van der Waals surface area contributed by atoms with E-state index in [1.807, 2.05) is 0 Å². The third-order valence-corrected chi connectivity index (χ3v) is 4.78. The lowest BCUT2D eigenvalue weighted by Crippen LogP contribution is -2.46. The van der Waals surface area contributed by atoms with Crippen molar-refractivity contribution < 1.29 is 12.8 Å². The lowest BCUT2D eigenvalue weighted by atomic mass is 10.2. The summed E-state index contributed by atoms with van der Waals surface area (Å²) in [6, 6.07) is -0.504. The molecule has 2 atom stereocenters. The van der Waals surface area contributed by atoms with E-state index in [9.17, 15) is 12.8 Å². The zero-order chi connectivity index (χ0) is 10.9. The highest BCUT2D eigenvalue weighted by atomic mass is 32.2. The number of halogens is 1. The van der Waals surface area contributed by atoms with Crippen molar-refractivity contribution in [2.75, 3.05) is 13.1 Å². The maximum atomic E-state index is 13.3. The first kappa shape index (κ1) is 11.3. The standard InChI is InChI=1S/C9H17FN2O2S/c10-8-4-3-5-9(8)11-15(13,14)12-6-1-2-7-12/h8-9,11H,1-7H2. The minimum Gasteiger partial charge on any atom is -0.246 e. The van der Waals surface area contributed by atoms with Gasteiger partial charge in [0.2, 0.25) is 0 Å². The fourth-order valence-corrected chi connectivity index (χ4v) is 3.78. The Morgan fingerprint density at radius 2 is 1.80 bits per heavy atom. The van der Waals surface area contributed by atoms with Crippen molar-refractivity contribution in [1.82, 2.24) is 9.03 Å². The number of hydrogen-bond donors (Lipinski definition) is 1. The maximum Gasteiger partial charge on any atom is 0.279 e. The molecule has 2 aliphatic rings. The smallest absolute Gasteiger partial charge is 0.246 e. The monoisotopic (exact) mass is 236 g/mol. The van der Waals surface area contributed by atoms with Gasteiger partial charge in [0.15, 0.2) is 0 Å². The summed E-state index contributed by atoms with van der Waals surface area (Å²) in [5.74, 6) is 0. The Bertz CT molecular complexity index is 314. The average Bonchev–Trinajstić information content (AvgIpc) is 2.77. The highest BCUT2D eigenvalue weighted by molar-refractivity contribution is 7.87. The van der Waals surface area contributed by atoms with Crippen LogP contribution in [0.15, 0.2) is 0 Å². The van der Waals surface area contributed by atoms with Gasteiger partial charge >= 0.3 is 0 Å². The van der Waals surface area contributed by atoms with Crippen LogP contribution >= 0.6 is 0 Å². The fourth-order valence-electron chi connectivity index (χ4n) is 2.24. The first-order valence-corrected chi connectivity index (χ1v) is 6.95. The zero-order valence-corrected chi connectivity index (χ0v) is 9.47. The van der Waals surface area contributed by atoms with Crippen LogP contribution in [0, 0.1) is 0 Å². The molecule has 1 N–H and O–H groups in total. The molecule has 2 rings (SSSR count). The van der Waals surface area contributed by atoms with Crippen molar-refractivity contribution in [2.24, 2.45) is 0 Å². The van der Waals surface area contributed by atoms with Gasteiger partial charge in [-0.1, -0.05) is 0 Å². The molecule has 0 spiro atoms. The van der Waals surface area contributed by atoms with E-state index in [4.69, 9.17) is 0 Å². The Balaban J connectivity index is 1.97. The average molecular weight is 236 g/mol. The van der Waals surface area contributed by atoms with Crippen LogP contribution < -0.4 is 4.72 Å². The summed E-state index contributed by atoms with van der Waals surface area (Å²) in [7, 11) is -3.43. The Morgan fingerprint density at radius 3 is 2.33 bits per heavy atom. The molecule has 15 heavy (non-hydrogen) atoms. The lowest BCUT2D eigenvalue weighted by molar-refractivity contribution is 0.296. The summed E-state index contributed by atoms with van der Waals surface area (Å²) in [5, 5.41) is 0.